The van der Waals surface area contributed by atoms with E-state index < -0.39 is 5.56 Å². The second-order valence-corrected chi connectivity index (χ2v) is 4.41. The maximum atomic E-state index is 12.9. The van der Waals surface area contributed by atoms with Gasteiger partial charge in [0, 0.05) is 5.56 Å². The van der Waals surface area contributed by atoms with Gasteiger partial charge >= 0.3 is 0 Å². The van der Waals surface area contributed by atoms with Gasteiger partial charge in [0.1, 0.15) is 5.82 Å². The summed E-state index contributed by atoms with van der Waals surface area (Å²) in [6.07, 6.45) is 0. The van der Waals surface area contributed by atoms with Crippen molar-refractivity contribution >= 4 is 12.2 Å². The van der Waals surface area contributed by atoms with Gasteiger partial charge in [0.25, 0.3) is 5.56 Å². The monoisotopic (exact) mass is 289 g/mol. The Morgan fingerprint density at radius 3 is 2.55 bits per heavy atom. The lowest BCUT2D eigenvalue weighted by Gasteiger charge is -2.02. The van der Waals surface area contributed by atoms with Crippen LogP contribution in [0.3, 0.4) is 0 Å². The summed E-state index contributed by atoms with van der Waals surface area (Å²) in [6, 6.07) is 7.36. The molecule has 20 heavy (non-hydrogen) atoms. The molecule has 3 N–H and O–H groups in total. The maximum Gasteiger partial charge on any atom is 0.275 e. The number of H-pyrrole nitrogens is 3. The molecule has 0 aliphatic heterocycles. The molecule has 100 valence electrons. The maximum absolute atomic E-state index is 12.9. The lowest BCUT2D eigenvalue weighted by molar-refractivity contribution is 0.628. The zero-order valence-corrected chi connectivity index (χ0v) is 10.8. The molecule has 0 saturated heterocycles. The predicted molar refractivity (Wildman–Crippen MR) is 73.0 cm³/mol. The van der Waals surface area contributed by atoms with Crippen LogP contribution in [-0.4, -0.2) is 25.4 Å². The number of hydrogen-bond donors (Lipinski definition) is 3. The number of halogens is 1. The van der Waals surface area contributed by atoms with Crippen molar-refractivity contribution in [3.8, 4) is 22.6 Å². The predicted octanol–water partition coefficient (Wildman–Crippen LogP) is 2.02. The molecule has 2 heterocycles. The Kier molecular flexibility index (Phi) is 2.99. The van der Waals surface area contributed by atoms with E-state index in [1.54, 1.807) is 18.2 Å². The van der Waals surface area contributed by atoms with Gasteiger partial charge in [-0.2, -0.15) is 10.1 Å². The van der Waals surface area contributed by atoms with Gasteiger partial charge in [-0.15, -0.1) is 0 Å². The first kappa shape index (κ1) is 12.4. The van der Waals surface area contributed by atoms with Gasteiger partial charge in [-0.1, -0.05) is 0 Å². The fourth-order valence-corrected chi connectivity index (χ4v) is 1.89. The molecule has 0 aliphatic rings. The molecule has 2 aromatic heterocycles. The van der Waals surface area contributed by atoms with Crippen molar-refractivity contribution in [3.05, 3.63) is 51.3 Å². The first-order valence-corrected chi connectivity index (χ1v) is 6.05. The number of benzene rings is 1. The van der Waals surface area contributed by atoms with E-state index in [9.17, 15) is 9.18 Å². The molecule has 3 aromatic rings. The minimum Gasteiger partial charge on any atom is -0.281 e. The van der Waals surface area contributed by atoms with Crippen LogP contribution in [0.5, 0.6) is 0 Å². The molecule has 0 atom stereocenters. The number of aromatic nitrogens is 5. The molecule has 0 spiro atoms. The van der Waals surface area contributed by atoms with Crippen molar-refractivity contribution in [3.63, 3.8) is 0 Å². The van der Waals surface area contributed by atoms with Gasteiger partial charge in [0.15, 0.2) is 5.82 Å². The number of nitrogens with zero attached hydrogens (tertiary/aromatic N) is 2. The summed E-state index contributed by atoms with van der Waals surface area (Å²) in [7, 11) is 0. The Balaban J connectivity index is 2.13. The third-order valence-corrected chi connectivity index (χ3v) is 2.89. The second-order valence-electron chi connectivity index (χ2n) is 4.02. The van der Waals surface area contributed by atoms with Crippen LogP contribution in [0.1, 0.15) is 0 Å². The van der Waals surface area contributed by atoms with E-state index in [4.69, 9.17) is 12.2 Å². The van der Waals surface area contributed by atoms with Crippen molar-refractivity contribution in [1.29, 1.82) is 0 Å². The second kappa shape index (κ2) is 4.82. The molecule has 0 radical (unpaired) electrons. The highest BCUT2D eigenvalue weighted by atomic mass is 32.1. The van der Waals surface area contributed by atoms with Crippen molar-refractivity contribution in [1.82, 2.24) is 25.4 Å². The zero-order chi connectivity index (χ0) is 14.1. The molecule has 0 saturated carbocycles. The summed E-state index contributed by atoms with van der Waals surface area (Å²) >= 11 is 4.85. The van der Waals surface area contributed by atoms with Gasteiger partial charge in [-0.05, 0) is 42.5 Å². The topological polar surface area (TPSA) is 90.2 Å². The number of rotatable bonds is 2. The van der Waals surface area contributed by atoms with Crippen LogP contribution in [0.15, 0.2) is 35.1 Å². The Morgan fingerprint density at radius 1 is 1.15 bits per heavy atom. The van der Waals surface area contributed by atoms with E-state index in [0.717, 1.165) is 0 Å². The van der Waals surface area contributed by atoms with Gasteiger partial charge < -0.3 is 0 Å². The van der Waals surface area contributed by atoms with E-state index >= 15 is 0 Å². The molecule has 8 heteroatoms. The minimum atomic E-state index is -0.395. The van der Waals surface area contributed by atoms with Gasteiger partial charge in [-0.25, -0.2) is 9.49 Å². The average Bonchev–Trinajstić information content (AvgIpc) is 2.87. The SMILES string of the molecule is O=c1[nH]nc(-c2ccc(F)cc2)cc1-c1nc(=S)[nH][nH]1. The molecule has 0 bridgehead atoms. The average molecular weight is 289 g/mol. The first-order valence-electron chi connectivity index (χ1n) is 5.64. The standard InChI is InChI=1S/C12H8FN5OS/c13-7-3-1-6(2-4-7)9-5-8(11(19)17-15-9)10-14-12(20)18-16-10/h1-5H,(H,17,19)(H2,14,16,18,20). The van der Waals surface area contributed by atoms with Crippen LogP contribution in [-0.2, 0) is 0 Å². The van der Waals surface area contributed by atoms with Crippen molar-refractivity contribution < 1.29 is 4.39 Å². The van der Waals surface area contributed by atoms with E-state index in [2.05, 4.69) is 25.4 Å². The molecule has 3 rings (SSSR count). The molecule has 6 nitrogen and oxygen atoms in total. The summed E-state index contributed by atoms with van der Waals surface area (Å²) < 4.78 is 13.2. The van der Waals surface area contributed by atoms with Gasteiger partial charge in [-0.3, -0.25) is 15.0 Å². The van der Waals surface area contributed by atoms with Crippen LogP contribution in [0.2, 0.25) is 0 Å². The number of aromatic amines is 3. The summed E-state index contributed by atoms with van der Waals surface area (Å²) in [4.78, 5) is 15.8. The summed E-state index contributed by atoms with van der Waals surface area (Å²) in [5, 5.41) is 11.6. The molecular formula is C12H8FN5OS. The largest absolute Gasteiger partial charge is 0.281 e. The van der Waals surface area contributed by atoms with Gasteiger partial charge in [0.05, 0.1) is 11.3 Å². The molecule has 0 unspecified atom stereocenters. The normalized spacial score (nSPS) is 10.7. The number of hydrogen-bond acceptors (Lipinski definition) is 4. The third-order valence-electron chi connectivity index (χ3n) is 2.70. The van der Waals surface area contributed by atoms with Gasteiger partial charge in [0.2, 0.25) is 4.77 Å². The zero-order valence-electron chi connectivity index (χ0n) is 9.98. The number of nitrogens with one attached hydrogen (secondary N) is 3. The summed E-state index contributed by atoms with van der Waals surface area (Å²) in [6.45, 7) is 0. The van der Waals surface area contributed by atoms with E-state index in [1.807, 2.05) is 0 Å². The van der Waals surface area contributed by atoms with Crippen molar-refractivity contribution in [2.75, 3.05) is 0 Å². The highest BCUT2D eigenvalue weighted by molar-refractivity contribution is 7.71. The quantitative estimate of drug-likeness (QED) is 0.630. The van der Waals surface area contributed by atoms with Crippen LogP contribution in [0, 0.1) is 10.6 Å². The Hall–Kier alpha value is -2.61. The third kappa shape index (κ3) is 2.28. The highest BCUT2D eigenvalue weighted by Crippen LogP contribution is 2.19. The molecule has 0 fully saturated rings. The Bertz CT molecular complexity index is 864. The highest BCUT2D eigenvalue weighted by Gasteiger charge is 2.10. The Morgan fingerprint density at radius 2 is 1.90 bits per heavy atom. The smallest absolute Gasteiger partial charge is 0.275 e. The van der Waals surface area contributed by atoms with E-state index in [-0.39, 0.29) is 10.6 Å². The minimum absolute atomic E-state index is 0.250. The molecular weight excluding hydrogens is 281 g/mol. The first-order chi connectivity index (χ1) is 9.63. The van der Waals surface area contributed by atoms with Crippen LogP contribution >= 0.6 is 12.2 Å². The van der Waals surface area contributed by atoms with Crippen LogP contribution in [0.4, 0.5) is 4.39 Å². The van der Waals surface area contributed by atoms with Crippen LogP contribution < -0.4 is 5.56 Å². The van der Waals surface area contributed by atoms with E-state index in [0.29, 0.717) is 22.6 Å². The molecule has 0 aliphatic carbocycles. The van der Waals surface area contributed by atoms with E-state index in [1.165, 1.54) is 12.1 Å². The summed E-state index contributed by atoms with van der Waals surface area (Å²) in [5.74, 6) is -0.0169. The summed E-state index contributed by atoms with van der Waals surface area (Å²) in [5.41, 5.74) is 1.08. The lowest BCUT2D eigenvalue weighted by Crippen LogP contribution is -2.12. The fraction of sp³-hybridized carbons (Fsp3) is 0. The molecule has 0 amide bonds. The van der Waals surface area contributed by atoms with Crippen molar-refractivity contribution in [2.45, 2.75) is 0 Å². The molecule has 1 aromatic carbocycles. The van der Waals surface area contributed by atoms with Crippen LogP contribution in [0.25, 0.3) is 22.6 Å². The Labute approximate surface area is 116 Å². The van der Waals surface area contributed by atoms with Crippen molar-refractivity contribution in [2.24, 2.45) is 0 Å². The lowest BCUT2D eigenvalue weighted by atomic mass is 10.1. The fourth-order valence-electron chi connectivity index (χ4n) is 1.75.